The van der Waals surface area contributed by atoms with Gasteiger partial charge in [0.1, 0.15) is 0 Å². The Morgan fingerprint density at radius 3 is 2.62 bits per heavy atom. The Bertz CT molecular complexity index is 1260. The molecule has 2 aromatic carbocycles. The first kappa shape index (κ1) is 27.9. The Balaban J connectivity index is 1.62. The summed E-state index contributed by atoms with van der Waals surface area (Å²) in [6.07, 6.45) is 2.42. The van der Waals surface area contributed by atoms with E-state index in [1.807, 2.05) is 6.92 Å². The maximum absolute atomic E-state index is 12.6. The summed E-state index contributed by atoms with van der Waals surface area (Å²) < 4.78 is 6.93. The number of benzene rings is 2. The van der Waals surface area contributed by atoms with Crippen molar-refractivity contribution >= 4 is 46.8 Å². The smallest absolute Gasteiger partial charge is 0.338 e. The number of hydrogen-bond donors (Lipinski definition) is 2. The highest BCUT2D eigenvalue weighted by Gasteiger charge is 2.20. The second kappa shape index (κ2) is 13.6. The molecule has 2 N–H and O–H groups in total. The van der Waals surface area contributed by atoms with Gasteiger partial charge in [0, 0.05) is 22.8 Å². The van der Waals surface area contributed by atoms with E-state index in [9.17, 15) is 14.4 Å². The van der Waals surface area contributed by atoms with Gasteiger partial charge in [0.15, 0.2) is 11.0 Å². The molecule has 0 aliphatic carbocycles. The number of nitrogens with zero attached hydrogens (tertiary/aromatic N) is 3. The van der Waals surface area contributed by atoms with E-state index < -0.39 is 12.0 Å². The fraction of sp³-hybridized carbons (Fsp3) is 0.269. The van der Waals surface area contributed by atoms with E-state index in [-0.39, 0.29) is 17.6 Å². The lowest BCUT2D eigenvalue weighted by Gasteiger charge is -2.15. The van der Waals surface area contributed by atoms with Gasteiger partial charge < -0.3 is 19.9 Å². The van der Waals surface area contributed by atoms with Gasteiger partial charge in [0.05, 0.1) is 24.0 Å². The zero-order valence-corrected chi connectivity index (χ0v) is 22.1. The van der Waals surface area contributed by atoms with Gasteiger partial charge in [-0.25, -0.2) is 4.79 Å². The van der Waals surface area contributed by atoms with Crippen LogP contribution in [0.25, 0.3) is 0 Å². The first-order valence-electron chi connectivity index (χ1n) is 11.6. The fourth-order valence-corrected chi connectivity index (χ4v) is 4.18. The monoisotopic (exact) mass is 541 g/mol. The third kappa shape index (κ3) is 7.93. The highest BCUT2D eigenvalue weighted by Crippen LogP contribution is 2.22. The molecule has 2 amide bonds. The molecule has 37 heavy (non-hydrogen) atoms. The van der Waals surface area contributed by atoms with Crippen molar-refractivity contribution in [1.82, 2.24) is 20.1 Å². The van der Waals surface area contributed by atoms with Crippen molar-refractivity contribution in [1.29, 1.82) is 0 Å². The van der Waals surface area contributed by atoms with Crippen LogP contribution in [-0.4, -0.2) is 44.9 Å². The second-order valence-corrected chi connectivity index (χ2v) is 9.37. The number of halogens is 1. The molecule has 0 saturated heterocycles. The summed E-state index contributed by atoms with van der Waals surface area (Å²) in [6.45, 7) is 8.24. The number of rotatable bonds is 12. The predicted octanol–water partition coefficient (Wildman–Crippen LogP) is 4.91. The van der Waals surface area contributed by atoms with E-state index in [1.165, 1.54) is 11.8 Å². The van der Waals surface area contributed by atoms with Crippen molar-refractivity contribution in [2.45, 2.75) is 38.0 Å². The molecule has 1 aromatic heterocycles. The van der Waals surface area contributed by atoms with Gasteiger partial charge in [-0.05, 0) is 55.8 Å². The average Bonchev–Trinajstić information content (AvgIpc) is 3.29. The molecular formula is C26H28ClN5O4S. The number of nitrogens with one attached hydrogen (secondary N) is 2. The first-order valence-corrected chi connectivity index (χ1v) is 13.0. The summed E-state index contributed by atoms with van der Waals surface area (Å²) in [7, 11) is 0. The van der Waals surface area contributed by atoms with Gasteiger partial charge in [0.25, 0.3) is 5.91 Å². The van der Waals surface area contributed by atoms with E-state index in [4.69, 9.17) is 16.3 Å². The van der Waals surface area contributed by atoms with E-state index in [2.05, 4.69) is 27.4 Å². The van der Waals surface area contributed by atoms with E-state index >= 15 is 0 Å². The van der Waals surface area contributed by atoms with Crippen molar-refractivity contribution in [3.05, 3.63) is 83.2 Å². The van der Waals surface area contributed by atoms with Crippen LogP contribution >= 0.6 is 23.4 Å². The minimum Gasteiger partial charge on any atom is -0.462 e. The van der Waals surface area contributed by atoms with E-state index in [1.54, 1.807) is 66.1 Å². The number of allylic oxidation sites excluding steroid dienone is 1. The normalized spacial score (nSPS) is 11.4. The number of carbonyl (C=O) groups excluding carboxylic acids is 3. The SMILES string of the molecule is C=CCn1c(SCC(=O)Nc2cccc(C(=O)OCCC)c2)nnc1[C@@H](C)NC(=O)c1ccc(Cl)cc1. The molecule has 0 aliphatic heterocycles. The van der Waals surface area contributed by atoms with Crippen LogP contribution in [0.1, 0.15) is 52.9 Å². The van der Waals surface area contributed by atoms with Gasteiger partial charge in [-0.15, -0.1) is 16.8 Å². The molecular weight excluding hydrogens is 514 g/mol. The van der Waals surface area contributed by atoms with Crippen LogP contribution in [0.15, 0.2) is 66.3 Å². The lowest BCUT2D eigenvalue weighted by Crippen LogP contribution is -2.28. The zero-order chi connectivity index (χ0) is 26.8. The minimum atomic E-state index is -0.450. The number of anilines is 1. The third-order valence-corrected chi connectivity index (χ3v) is 6.27. The number of thioether (sulfide) groups is 1. The molecule has 0 saturated carbocycles. The molecule has 0 fully saturated rings. The summed E-state index contributed by atoms with van der Waals surface area (Å²) >= 11 is 7.10. The number of ether oxygens (including phenoxy) is 1. The number of esters is 1. The van der Waals surface area contributed by atoms with E-state index in [0.29, 0.717) is 46.0 Å². The average molecular weight is 542 g/mol. The number of aromatic nitrogens is 3. The molecule has 0 unspecified atom stereocenters. The summed E-state index contributed by atoms with van der Waals surface area (Å²) in [4.78, 5) is 37.3. The van der Waals surface area contributed by atoms with Crippen LogP contribution in [0.4, 0.5) is 5.69 Å². The molecule has 0 bridgehead atoms. The molecule has 3 aromatic rings. The molecule has 194 valence electrons. The van der Waals surface area contributed by atoms with Crippen molar-refractivity contribution in [3.8, 4) is 0 Å². The van der Waals surface area contributed by atoms with Gasteiger partial charge in [-0.3, -0.25) is 9.59 Å². The number of amides is 2. The maximum atomic E-state index is 12.6. The number of carbonyl (C=O) groups is 3. The van der Waals surface area contributed by atoms with Crippen LogP contribution < -0.4 is 10.6 Å². The Morgan fingerprint density at radius 1 is 1.16 bits per heavy atom. The summed E-state index contributed by atoms with van der Waals surface area (Å²) in [6, 6.07) is 12.7. The predicted molar refractivity (Wildman–Crippen MR) is 144 cm³/mol. The summed E-state index contributed by atoms with van der Waals surface area (Å²) in [5, 5.41) is 15.2. The Morgan fingerprint density at radius 2 is 1.92 bits per heavy atom. The van der Waals surface area contributed by atoms with Crippen molar-refractivity contribution in [2.75, 3.05) is 17.7 Å². The molecule has 0 spiro atoms. The lowest BCUT2D eigenvalue weighted by molar-refractivity contribution is -0.113. The first-order chi connectivity index (χ1) is 17.8. The van der Waals surface area contributed by atoms with Crippen molar-refractivity contribution in [2.24, 2.45) is 0 Å². The second-order valence-electron chi connectivity index (χ2n) is 8.00. The molecule has 0 aliphatic rings. The summed E-state index contributed by atoms with van der Waals surface area (Å²) in [5.74, 6) is -0.390. The van der Waals surface area contributed by atoms with Gasteiger partial charge in [-0.2, -0.15) is 0 Å². The topological polar surface area (TPSA) is 115 Å². The number of hydrogen-bond acceptors (Lipinski definition) is 7. The van der Waals surface area contributed by atoms with Crippen LogP contribution in [-0.2, 0) is 16.1 Å². The maximum Gasteiger partial charge on any atom is 0.338 e. The lowest BCUT2D eigenvalue weighted by atomic mass is 10.2. The quantitative estimate of drug-likeness (QED) is 0.190. The van der Waals surface area contributed by atoms with Crippen LogP contribution in [0.5, 0.6) is 0 Å². The summed E-state index contributed by atoms with van der Waals surface area (Å²) in [5.41, 5.74) is 1.33. The molecule has 9 nitrogen and oxygen atoms in total. The van der Waals surface area contributed by atoms with Crippen LogP contribution in [0, 0.1) is 0 Å². The Hall–Kier alpha value is -3.63. The van der Waals surface area contributed by atoms with E-state index in [0.717, 1.165) is 6.42 Å². The minimum absolute atomic E-state index is 0.0608. The van der Waals surface area contributed by atoms with Gasteiger partial charge in [-0.1, -0.05) is 42.4 Å². The van der Waals surface area contributed by atoms with Crippen molar-refractivity contribution < 1.29 is 19.1 Å². The Labute approximate surface area is 224 Å². The molecule has 1 atom stereocenters. The highest BCUT2D eigenvalue weighted by molar-refractivity contribution is 7.99. The third-order valence-electron chi connectivity index (χ3n) is 5.05. The van der Waals surface area contributed by atoms with Crippen molar-refractivity contribution in [3.63, 3.8) is 0 Å². The van der Waals surface area contributed by atoms with Gasteiger partial charge >= 0.3 is 5.97 Å². The Kier molecular flexibility index (Phi) is 10.3. The zero-order valence-electron chi connectivity index (χ0n) is 20.6. The standard InChI is InChI=1S/C26H28ClN5O4S/c1-4-13-32-23(17(3)28-24(34)18-9-11-20(27)12-10-18)30-31-26(32)37-16-22(33)29-21-8-6-7-19(15-21)25(35)36-14-5-2/h4,6-12,15,17H,1,5,13-14,16H2,2-3H3,(H,28,34)(H,29,33)/t17-/m1/s1. The molecule has 0 radical (unpaired) electrons. The fourth-order valence-electron chi connectivity index (χ4n) is 3.30. The van der Waals surface area contributed by atoms with Gasteiger partial charge in [0.2, 0.25) is 5.91 Å². The largest absolute Gasteiger partial charge is 0.462 e. The molecule has 11 heteroatoms. The van der Waals surface area contributed by atoms with Crippen LogP contribution in [0.2, 0.25) is 5.02 Å². The molecule has 1 heterocycles. The van der Waals surface area contributed by atoms with Crippen LogP contribution in [0.3, 0.4) is 0 Å². The molecule has 3 rings (SSSR count). The highest BCUT2D eigenvalue weighted by atomic mass is 35.5.